The van der Waals surface area contributed by atoms with Crippen molar-refractivity contribution in [1.82, 2.24) is 0 Å². The van der Waals surface area contributed by atoms with Gasteiger partial charge in [-0.25, -0.2) is 0 Å². The van der Waals surface area contributed by atoms with Crippen LogP contribution in [0.2, 0.25) is 0 Å². The van der Waals surface area contributed by atoms with Crippen molar-refractivity contribution in [2.24, 2.45) is 11.8 Å². The molecule has 182 valence electrons. The molecule has 2 heterocycles. The number of hydrogen-bond donors (Lipinski definition) is 0. The highest BCUT2D eigenvalue weighted by molar-refractivity contribution is 7.45. The minimum atomic E-state index is -0.106. The molecule has 0 aromatic rings. The Hall–Kier alpha value is 0.100. The predicted octanol–water partition coefficient (Wildman–Crippen LogP) is 4.14. The van der Waals surface area contributed by atoms with E-state index in [1.165, 1.54) is 12.3 Å². The Morgan fingerprint density at radius 2 is 1.66 bits per heavy atom. The lowest BCUT2D eigenvalue weighted by Gasteiger charge is -2.35. The third-order valence-corrected chi connectivity index (χ3v) is 10.4. The van der Waals surface area contributed by atoms with Crippen LogP contribution in [0.15, 0.2) is 23.5 Å². The summed E-state index contributed by atoms with van der Waals surface area (Å²) in [7, 11) is 5.31. The Morgan fingerprint density at radius 1 is 0.938 bits per heavy atom. The second-order valence-corrected chi connectivity index (χ2v) is 12.1. The lowest BCUT2D eigenvalue weighted by Crippen LogP contribution is -2.40. The fraction of sp³-hybridized carbons (Fsp3) is 0.833. The van der Waals surface area contributed by atoms with E-state index in [1.807, 2.05) is 0 Å². The predicted molar refractivity (Wildman–Crippen MR) is 130 cm³/mol. The van der Waals surface area contributed by atoms with Crippen LogP contribution in [0.1, 0.15) is 32.1 Å². The normalized spacial score (nSPS) is 38.4. The van der Waals surface area contributed by atoms with E-state index in [9.17, 15) is 0 Å². The third kappa shape index (κ3) is 6.83. The fourth-order valence-corrected chi connectivity index (χ4v) is 8.52. The molecule has 0 radical (unpaired) electrons. The molecule has 4 rings (SSSR count). The molecular formula is C24H40O6P2. The molecule has 2 fully saturated rings. The Kier molecular flexibility index (Phi) is 10.4. The van der Waals surface area contributed by atoms with Crippen LogP contribution in [0.3, 0.4) is 0 Å². The van der Waals surface area contributed by atoms with Gasteiger partial charge in [-0.15, -0.1) is 8.58 Å². The maximum Gasteiger partial charge on any atom is 0.164 e. The van der Waals surface area contributed by atoms with Crippen molar-refractivity contribution in [3.8, 4) is 0 Å². The lowest BCUT2D eigenvalue weighted by atomic mass is 10.1. The molecule has 4 aliphatic rings. The van der Waals surface area contributed by atoms with E-state index < -0.39 is 0 Å². The largest absolute Gasteiger partial charge is 0.382 e. The first kappa shape index (κ1) is 25.2. The van der Waals surface area contributed by atoms with Gasteiger partial charge in [-0.2, -0.15) is 0 Å². The summed E-state index contributed by atoms with van der Waals surface area (Å²) in [5.41, 5.74) is 0.652. The number of allylic oxidation sites excluding steroid dienone is 2. The Bertz CT molecular complexity index is 626. The maximum atomic E-state index is 6.21. The first-order valence-electron chi connectivity index (χ1n) is 12.1. The summed E-state index contributed by atoms with van der Waals surface area (Å²) >= 11 is 0. The first-order valence-corrected chi connectivity index (χ1v) is 14.6. The lowest BCUT2D eigenvalue weighted by molar-refractivity contribution is -0.236. The highest BCUT2D eigenvalue weighted by Gasteiger charge is 2.36. The van der Waals surface area contributed by atoms with E-state index in [0.717, 1.165) is 62.5 Å². The van der Waals surface area contributed by atoms with Crippen molar-refractivity contribution in [2.45, 2.75) is 62.6 Å². The van der Waals surface area contributed by atoms with Crippen LogP contribution < -0.4 is 0 Å². The molecule has 2 aliphatic heterocycles. The zero-order valence-electron chi connectivity index (χ0n) is 19.5. The summed E-state index contributed by atoms with van der Waals surface area (Å²) in [5.74, 6) is 0.815. The first-order chi connectivity index (χ1) is 15.8. The number of hydrogen-bond acceptors (Lipinski definition) is 6. The minimum Gasteiger partial charge on any atom is -0.382 e. The van der Waals surface area contributed by atoms with Gasteiger partial charge in [0, 0.05) is 26.1 Å². The van der Waals surface area contributed by atoms with Crippen molar-refractivity contribution in [1.29, 1.82) is 0 Å². The smallest absolute Gasteiger partial charge is 0.164 e. The standard InChI is InChI=1S/C24H40O6P2/c1-25-15-17-9-11-27-23(29-17)19-5-3-7-21(19)31-13-14-32-22-8-4-6-20(22)24-28-12-10-18(30-24)16-26-2/h3,5,8,17-21,23-24,31-32H,4,6-7,9-16H2,1-2H3/t17-,18-,19+,20+,21?,23?,24?/m0/s1. The summed E-state index contributed by atoms with van der Waals surface area (Å²) < 4.78 is 35.0. The molecule has 6 nitrogen and oxygen atoms in total. The molecule has 8 heteroatoms. The molecule has 0 saturated carbocycles. The van der Waals surface area contributed by atoms with Crippen LogP contribution in [0.25, 0.3) is 0 Å². The van der Waals surface area contributed by atoms with Crippen molar-refractivity contribution in [2.75, 3.05) is 53.0 Å². The van der Waals surface area contributed by atoms with E-state index in [1.54, 1.807) is 19.5 Å². The van der Waals surface area contributed by atoms with Gasteiger partial charge in [-0.1, -0.05) is 26.8 Å². The highest BCUT2D eigenvalue weighted by atomic mass is 31.1. The fourth-order valence-electron chi connectivity index (χ4n) is 5.10. The zero-order chi connectivity index (χ0) is 22.2. The van der Waals surface area contributed by atoms with Gasteiger partial charge in [0.1, 0.15) is 0 Å². The molecule has 5 unspecified atom stereocenters. The molecule has 0 N–H and O–H groups in total. The molecule has 0 amide bonds. The molecule has 2 aliphatic carbocycles. The molecular weight excluding hydrogens is 446 g/mol. The third-order valence-electron chi connectivity index (χ3n) is 6.76. The quantitative estimate of drug-likeness (QED) is 0.249. The van der Waals surface area contributed by atoms with Crippen molar-refractivity contribution in [3.05, 3.63) is 23.5 Å². The summed E-state index contributed by atoms with van der Waals surface area (Å²) in [4.78, 5) is 0. The summed E-state index contributed by atoms with van der Waals surface area (Å²) in [6, 6.07) is 0. The van der Waals surface area contributed by atoms with Gasteiger partial charge >= 0.3 is 0 Å². The average molecular weight is 487 g/mol. The second kappa shape index (κ2) is 13.3. The number of rotatable bonds is 11. The van der Waals surface area contributed by atoms with Crippen LogP contribution in [-0.2, 0) is 28.4 Å². The summed E-state index contributed by atoms with van der Waals surface area (Å²) in [5, 5.41) is 1.57. The zero-order valence-corrected chi connectivity index (χ0v) is 21.5. The molecule has 0 aromatic carbocycles. The van der Waals surface area contributed by atoms with E-state index in [0.29, 0.717) is 30.7 Å². The van der Waals surface area contributed by atoms with E-state index in [-0.39, 0.29) is 24.8 Å². The number of methoxy groups -OCH3 is 2. The molecule has 9 atom stereocenters. The van der Waals surface area contributed by atoms with Crippen LogP contribution in [0, 0.1) is 11.8 Å². The van der Waals surface area contributed by atoms with Crippen molar-refractivity contribution >= 4 is 17.2 Å². The molecule has 0 aromatic heterocycles. The topological polar surface area (TPSA) is 55.4 Å². The van der Waals surface area contributed by atoms with Gasteiger partial charge in [0.15, 0.2) is 12.6 Å². The van der Waals surface area contributed by atoms with E-state index in [2.05, 4.69) is 18.2 Å². The van der Waals surface area contributed by atoms with Crippen LogP contribution in [0.5, 0.6) is 0 Å². The van der Waals surface area contributed by atoms with Gasteiger partial charge in [0.2, 0.25) is 0 Å². The van der Waals surface area contributed by atoms with E-state index in [4.69, 9.17) is 28.4 Å². The molecule has 0 bridgehead atoms. The number of ether oxygens (including phenoxy) is 6. The summed E-state index contributed by atoms with van der Waals surface area (Å²) in [6.45, 7) is 2.86. The Balaban J connectivity index is 1.19. The van der Waals surface area contributed by atoms with Gasteiger partial charge in [0.05, 0.1) is 38.6 Å². The van der Waals surface area contributed by atoms with Crippen LogP contribution in [0.4, 0.5) is 0 Å². The average Bonchev–Trinajstić information content (AvgIpc) is 3.47. The highest BCUT2D eigenvalue weighted by Crippen LogP contribution is 2.45. The van der Waals surface area contributed by atoms with Gasteiger partial charge in [-0.3, -0.25) is 0 Å². The Morgan fingerprint density at radius 3 is 2.41 bits per heavy atom. The monoisotopic (exact) mass is 486 g/mol. The minimum absolute atomic E-state index is 0.0864. The Labute approximate surface area is 196 Å². The SMILES string of the molecule is COC[C@@H]1CCOC([C@@H]2C=CCC2PCCPC2=CCC[C@H]2C2OCC[C@@H](COC)O2)O1. The van der Waals surface area contributed by atoms with Gasteiger partial charge in [-0.05, 0) is 55.4 Å². The maximum absolute atomic E-state index is 6.21. The van der Waals surface area contributed by atoms with Gasteiger partial charge in [0.25, 0.3) is 0 Å². The van der Waals surface area contributed by atoms with Crippen molar-refractivity contribution in [3.63, 3.8) is 0 Å². The molecule has 32 heavy (non-hydrogen) atoms. The van der Waals surface area contributed by atoms with Crippen LogP contribution in [-0.4, -0.2) is 83.4 Å². The second-order valence-electron chi connectivity index (χ2n) is 9.05. The molecule has 2 saturated heterocycles. The van der Waals surface area contributed by atoms with Gasteiger partial charge < -0.3 is 28.4 Å². The summed E-state index contributed by atoms with van der Waals surface area (Å²) in [6.07, 6.45) is 15.1. The molecule has 0 spiro atoms. The van der Waals surface area contributed by atoms with E-state index >= 15 is 0 Å². The van der Waals surface area contributed by atoms with Crippen LogP contribution >= 0.6 is 17.2 Å². The van der Waals surface area contributed by atoms with Crippen molar-refractivity contribution < 1.29 is 28.4 Å².